The molecule has 0 aliphatic carbocycles. The fraction of sp³-hybridized carbons (Fsp3) is 0.333. The van der Waals surface area contributed by atoms with Gasteiger partial charge >= 0.3 is 0 Å². The zero-order chi connectivity index (χ0) is 7.70. The van der Waals surface area contributed by atoms with Crippen molar-refractivity contribution >= 4 is 0 Å². The van der Waals surface area contributed by atoms with E-state index in [0.717, 1.165) is 0 Å². The predicted molar refractivity (Wildman–Crippen MR) is 44.1 cm³/mol. The molecule has 0 aromatic heterocycles. The van der Waals surface area contributed by atoms with Crippen LogP contribution in [0.5, 0.6) is 0 Å². The molecule has 0 unspecified atom stereocenters. The molecule has 0 nitrogen and oxygen atoms in total. The Morgan fingerprint density at radius 2 is 1.67 bits per heavy atom. The smallest absolute Gasteiger partial charge is 0.0401 e. The van der Waals surface area contributed by atoms with Crippen molar-refractivity contribution in [3.05, 3.63) is 23.8 Å². The molecule has 0 amide bonds. The van der Waals surface area contributed by atoms with Gasteiger partial charge in [0.15, 0.2) is 0 Å². The fourth-order valence-electron chi connectivity index (χ4n) is 0.359. The highest BCUT2D eigenvalue weighted by Crippen LogP contribution is 1.91. The minimum atomic E-state index is 1.32. The molecule has 0 aliphatic rings. The first-order valence-electron chi connectivity index (χ1n) is 2.90. The van der Waals surface area contributed by atoms with Crippen LogP contribution in [0.25, 0.3) is 0 Å². The molecule has 0 heterocycles. The lowest BCUT2D eigenvalue weighted by molar-refractivity contribution is 1.46. The van der Waals surface area contributed by atoms with E-state index >= 15 is 0 Å². The molecule has 0 fully saturated rings. The summed E-state index contributed by atoms with van der Waals surface area (Å²) in [7, 11) is 0. The normalized spacial score (nSPS) is 10.6. The van der Waals surface area contributed by atoms with Gasteiger partial charge in [-0.3, -0.25) is 0 Å². The van der Waals surface area contributed by atoms with Gasteiger partial charge < -0.3 is 0 Å². The summed E-state index contributed by atoms with van der Waals surface area (Å²) in [6.07, 6.45) is 14.2. The molecule has 0 aromatic rings. The van der Waals surface area contributed by atoms with Crippen molar-refractivity contribution in [1.29, 1.82) is 0 Å². The van der Waals surface area contributed by atoms with Crippen molar-refractivity contribution in [2.24, 2.45) is 0 Å². The van der Waals surface area contributed by atoms with E-state index in [9.17, 15) is 0 Å². The predicted octanol–water partition coefficient (Wildman–Crippen LogP) is 2.78. The lowest BCUT2D eigenvalue weighted by Crippen LogP contribution is -1.60. The second kappa shape index (κ2) is 10.1. The molecular formula is C9H14. The number of terminal acetylenes is 1. The number of rotatable bonds is 1. The first-order valence-corrected chi connectivity index (χ1v) is 2.90. The summed E-state index contributed by atoms with van der Waals surface area (Å²) in [4.78, 5) is 0. The SMILES string of the molecule is C#C.C/C=C\C(C)=C/C. The maximum atomic E-state index is 4.00. The Bertz CT molecular complexity index is 113. The highest BCUT2D eigenvalue weighted by Gasteiger charge is 1.69. The van der Waals surface area contributed by atoms with Crippen molar-refractivity contribution < 1.29 is 0 Å². The minimum Gasteiger partial charge on any atom is -0.124 e. The quantitative estimate of drug-likeness (QED) is 0.370. The van der Waals surface area contributed by atoms with Crippen molar-refractivity contribution in [3.8, 4) is 12.8 Å². The Morgan fingerprint density at radius 1 is 1.22 bits per heavy atom. The van der Waals surface area contributed by atoms with Gasteiger partial charge in [-0.2, -0.15) is 0 Å². The molecule has 0 bridgehead atoms. The van der Waals surface area contributed by atoms with E-state index in [2.05, 4.69) is 31.9 Å². The van der Waals surface area contributed by atoms with Gasteiger partial charge in [0.25, 0.3) is 0 Å². The molecule has 0 aromatic carbocycles. The molecular weight excluding hydrogens is 108 g/mol. The van der Waals surface area contributed by atoms with Crippen LogP contribution >= 0.6 is 0 Å². The summed E-state index contributed by atoms with van der Waals surface area (Å²) in [5.74, 6) is 0. The summed E-state index contributed by atoms with van der Waals surface area (Å²) in [5, 5.41) is 0. The third kappa shape index (κ3) is 11.0. The number of allylic oxidation sites excluding steroid dienone is 4. The van der Waals surface area contributed by atoms with Gasteiger partial charge in [0.05, 0.1) is 0 Å². The molecule has 0 spiro atoms. The van der Waals surface area contributed by atoms with Gasteiger partial charge in [-0.15, -0.1) is 12.8 Å². The first kappa shape index (κ1) is 10.9. The number of hydrogen-bond donors (Lipinski definition) is 0. The Hall–Kier alpha value is -0.960. The van der Waals surface area contributed by atoms with E-state index in [0.29, 0.717) is 0 Å². The van der Waals surface area contributed by atoms with E-state index in [1.807, 2.05) is 19.9 Å². The van der Waals surface area contributed by atoms with E-state index in [1.54, 1.807) is 0 Å². The van der Waals surface area contributed by atoms with Crippen LogP contribution in [0.2, 0.25) is 0 Å². The molecule has 0 rings (SSSR count). The Labute approximate surface area is 58.3 Å². The summed E-state index contributed by atoms with van der Waals surface area (Å²) >= 11 is 0. The maximum Gasteiger partial charge on any atom is -0.0401 e. The number of hydrogen-bond acceptors (Lipinski definition) is 0. The van der Waals surface area contributed by atoms with Crippen LogP contribution in [0.1, 0.15) is 20.8 Å². The van der Waals surface area contributed by atoms with Crippen LogP contribution in [-0.4, -0.2) is 0 Å². The fourth-order valence-corrected chi connectivity index (χ4v) is 0.359. The van der Waals surface area contributed by atoms with Gasteiger partial charge in [0.2, 0.25) is 0 Å². The lowest BCUT2D eigenvalue weighted by atomic mass is 10.3. The van der Waals surface area contributed by atoms with Crippen LogP contribution in [0, 0.1) is 12.8 Å². The van der Waals surface area contributed by atoms with Crippen LogP contribution in [-0.2, 0) is 0 Å². The average molecular weight is 122 g/mol. The Morgan fingerprint density at radius 3 is 1.78 bits per heavy atom. The van der Waals surface area contributed by atoms with E-state index in [4.69, 9.17) is 0 Å². The summed E-state index contributed by atoms with van der Waals surface area (Å²) in [6.45, 7) is 6.14. The third-order valence-electron chi connectivity index (χ3n) is 0.885. The van der Waals surface area contributed by atoms with Gasteiger partial charge in [0.1, 0.15) is 0 Å². The maximum absolute atomic E-state index is 4.00. The molecule has 0 heteroatoms. The third-order valence-corrected chi connectivity index (χ3v) is 0.885. The van der Waals surface area contributed by atoms with Crippen molar-refractivity contribution in [1.82, 2.24) is 0 Å². The zero-order valence-electron chi connectivity index (χ0n) is 6.39. The van der Waals surface area contributed by atoms with Gasteiger partial charge in [-0.05, 0) is 20.8 Å². The van der Waals surface area contributed by atoms with Gasteiger partial charge in [0, 0.05) is 0 Å². The summed E-state index contributed by atoms with van der Waals surface area (Å²) < 4.78 is 0. The molecule has 50 valence electrons. The van der Waals surface area contributed by atoms with Gasteiger partial charge in [-0.1, -0.05) is 23.8 Å². The molecule has 0 aliphatic heterocycles. The van der Waals surface area contributed by atoms with Crippen LogP contribution in [0.3, 0.4) is 0 Å². The monoisotopic (exact) mass is 122 g/mol. The van der Waals surface area contributed by atoms with Crippen molar-refractivity contribution in [2.75, 3.05) is 0 Å². The average Bonchev–Trinajstić information content (AvgIpc) is 1.93. The molecule has 0 radical (unpaired) electrons. The van der Waals surface area contributed by atoms with Crippen LogP contribution in [0.4, 0.5) is 0 Å². The zero-order valence-corrected chi connectivity index (χ0v) is 6.39. The second-order valence-corrected chi connectivity index (χ2v) is 1.53. The summed E-state index contributed by atoms with van der Waals surface area (Å²) in [5.41, 5.74) is 1.32. The molecule has 0 atom stereocenters. The largest absolute Gasteiger partial charge is 0.124 e. The van der Waals surface area contributed by atoms with E-state index < -0.39 is 0 Å². The Balaban J connectivity index is 0. The first-order chi connectivity index (χ1) is 4.31. The van der Waals surface area contributed by atoms with E-state index in [-0.39, 0.29) is 0 Å². The van der Waals surface area contributed by atoms with Crippen molar-refractivity contribution in [2.45, 2.75) is 20.8 Å². The molecule has 0 N–H and O–H groups in total. The van der Waals surface area contributed by atoms with Crippen LogP contribution in [0.15, 0.2) is 23.8 Å². The highest BCUT2D eigenvalue weighted by molar-refractivity contribution is 5.13. The summed E-state index contributed by atoms with van der Waals surface area (Å²) in [6, 6.07) is 0. The van der Waals surface area contributed by atoms with Gasteiger partial charge in [-0.25, -0.2) is 0 Å². The highest BCUT2D eigenvalue weighted by atomic mass is 13.8. The molecule has 0 saturated carbocycles. The van der Waals surface area contributed by atoms with Crippen molar-refractivity contribution in [3.63, 3.8) is 0 Å². The minimum absolute atomic E-state index is 1.32. The Kier molecular flexibility index (Phi) is 12.3. The van der Waals surface area contributed by atoms with E-state index in [1.165, 1.54) is 5.57 Å². The molecule has 9 heavy (non-hydrogen) atoms. The van der Waals surface area contributed by atoms with Crippen LogP contribution < -0.4 is 0 Å². The molecule has 0 saturated heterocycles. The standard InChI is InChI=1S/C7H12.C2H2/c1-4-6-7(3)5-2;1-2/h4-6H,1-3H3;1-2H/b6-4-,7-5-;. The second-order valence-electron chi connectivity index (χ2n) is 1.53. The topological polar surface area (TPSA) is 0 Å². The lowest BCUT2D eigenvalue weighted by Gasteiger charge is -1.81.